The fourth-order valence-corrected chi connectivity index (χ4v) is 1.31. The van der Waals surface area contributed by atoms with Crippen molar-refractivity contribution in [3.05, 3.63) is 35.9 Å². The van der Waals surface area contributed by atoms with Crippen molar-refractivity contribution in [1.82, 2.24) is 14.9 Å². The quantitative estimate of drug-likeness (QED) is 0.740. The van der Waals surface area contributed by atoms with E-state index in [1.165, 1.54) is 6.20 Å². The lowest BCUT2D eigenvalue weighted by Gasteiger charge is -2.18. The molecule has 0 spiro atoms. The smallest absolute Gasteiger partial charge is 0.147 e. The van der Waals surface area contributed by atoms with Crippen molar-refractivity contribution in [3.8, 4) is 0 Å². The van der Waals surface area contributed by atoms with Crippen LogP contribution in [0.1, 0.15) is 5.69 Å². The lowest BCUT2D eigenvalue weighted by atomic mass is 10.3. The van der Waals surface area contributed by atoms with Crippen molar-refractivity contribution in [2.75, 3.05) is 19.7 Å². The lowest BCUT2D eigenvalue weighted by Crippen LogP contribution is -2.27. The van der Waals surface area contributed by atoms with Crippen LogP contribution < -0.4 is 0 Å². The summed E-state index contributed by atoms with van der Waals surface area (Å²) in [5, 5.41) is 9.24. The van der Waals surface area contributed by atoms with E-state index >= 15 is 0 Å². The van der Waals surface area contributed by atoms with E-state index in [2.05, 4.69) is 16.5 Å². The summed E-state index contributed by atoms with van der Waals surface area (Å²) in [5.74, 6) is 0. The third-order valence-electron chi connectivity index (χ3n) is 1.86. The van der Waals surface area contributed by atoms with E-state index in [0.29, 0.717) is 24.8 Å². The molecule has 0 aliphatic rings. The van der Waals surface area contributed by atoms with Crippen LogP contribution in [0.25, 0.3) is 0 Å². The van der Waals surface area contributed by atoms with Crippen molar-refractivity contribution in [2.45, 2.75) is 6.54 Å². The highest BCUT2D eigenvalue weighted by molar-refractivity contribution is 6.29. The van der Waals surface area contributed by atoms with Crippen molar-refractivity contribution >= 4 is 11.6 Å². The zero-order chi connectivity index (χ0) is 11.1. The minimum atomic E-state index is 0.120. The second-order valence-corrected chi connectivity index (χ2v) is 3.47. The first kappa shape index (κ1) is 12.1. The SMILES string of the molecule is C=CCN(CCO)Cc1cnc(Cl)cn1. The Morgan fingerprint density at radius 3 is 2.80 bits per heavy atom. The number of aliphatic hydroxyl groups is 1. The molecule has 1 N–H and O–H groups in total. The predicted molar refractivity (Wildman–Crippen MR) is 59.6 cm³/mol. The number of hydrogen-bond acceptors (Lipinski definition) is 4. The molecule has 0 fully saturated rings. The molecule has 4 nitrogen and oxygen atoms in total. The van der Waals surface area contributed by atoms with Crippen LogP contribution in [0.4, 0.5) is 0 Å². The minimum absolute atomic E-state index is 0.120. The molecule has 0 amide bonds. The van der Waals surface area contributed by atoms with E-state index in [0.717, 1.165) is 5.69 Å². The molecule has 0 saturated heterocycles. The van der Waals surface area contributed by atoms with Crippen LogP contribution in [-0.4, -0.2) is 39.7 Å². The van der Waals surface area contributed by atoms with Crippen molar-refractivity contribution in [1.29, 1.82) is 0 Å². The molecule has 0 saturated carbocycles. The average molecular weight is 228 g/mol. The molecular weight excluding hydrogens is 214 g/mol. The van der Waals surface area contributed by atoms with Gasteiger partial charge in [-0.05, 0) is 0 Å². The Hall–Kier alpha value is -0.970. The predicted octanol–water partition coefficient (Wildman–Crippen LogP) is 1.11. The Morgan fingerprint density at radius 2 is 2.27 bits per heavy atom. The van der Waals surface area contributed by atoms with Gasteiger partial charge in [-0.25, -0.2) is 4.98 Å². The summed E-state index contributed by atoms with van der Waals surface area (Å²) in [7, 11) is 0. The number of halogens is 1. The van der Waals surface area contributed by atoms with E-state index in [1.807, 2.05) is 4.90 Å². The van der Waals surface area contributed by atoms with E-state index in [4.69, 9.17) is 16.7 Å². The second kappa shape index (κ2) is 6.50. The van der Waals surface area contributed by atoms with Gasteiger partial charge < -0.3 is 5.11 Å². The summed E-state index contributed by atoms with van der Waals surface area (Å²) in [5.41, 5.74) is 0.828. The summed E-state index contributed by atoms with van der Waals surface area (Å²) in [6, 6.07) is 0. The molecule has 15 heavy (non-hydrogen) atoms. The summed E-state index contributed by atoms with van der Waals surface area (Å²) >= 11 is 5.63. The van der Waals surface area contributed by atoms with Crippen molar-refractivity contribution < 1.29 is 5.11 Å². The molecule has 0 radical (unpaired) electrons. The number of rotatable bonds is 6. The van der Waals surface area contributed by atoms with E-state index in [9.17, 15) is 0 Å². The summed E-state index contributed by atoms with van der Waals surface area (Å²) in [6.07, 6.45) is 4.94. The number of aliphatic hydroxyl groups excluding tert-OH is 1. The van der Waals surface area contributed by atoms with Gasteiger partial charge in [-0.1, -0.05) is 17.7 Å². The Kier molecular flexibility index (Phi) is 5.25. The van der Waals surface area contributed by atoms with Crippen LogP contribution in [0.5, 0.6) is 0 Å². The van der Waals surface area contributed by atoms with Gasteiger partial charge in [0.2, 0.25) is 0 Å². The van der Waals surface area contributed by atoms with Crippen LogP contribution in [-0.2, 0) is 6.54 Å². The lowest BCUT2D eigenvalue weighted by molar-refractivity contribution is 0.202. The monoisotopic (exact) mass is 227 g/mol. The number of hydrogen-bond donors (Lipinski definition) is 1. The number of aromatic nitrogens is 2. The average Bonchev–Trinajstić information content (AvgIpc) is 2.22. The van der Waals surface area contributed by atoms with Gasteiger partial charge in [-0.3, -0.25) is 9.88 Å². The molecule has 0 aliphatic carbocycles. The fraction of sp³-hybridized carbons (Fsp3) is 0.400. The molecule has 5 heteroatoms. The highest BCUT2D eigenvalue weighted by atomic mass is 35.5. The van der Waals surface area contributed by atoms with Crippen LogP contribution in [0.15, 0.2) is 25.0 Å². The zero-order valence-electron chi connectivity index (χ0n) is 8.43. The first-order chi connectivity index (χ1) is 7.26. The third-order valence-corrected chi connectivity index (χ3v) is 2.06. The van der Waals surface area contributed by atoms with Crippen molar-refractivity contribution in [3.63, 3.8) is 0 Å². The molecular formula is C10H14ClN3O. The maximum absolute atomic E-state index is 8.85. The van der Waals surface area contributed by atoms with E-state index in [-0.39, 0.29) is 6.61 Å². The molecule has 1 heterocycles. The largest absolute Gasteiger partial charge is 0.395 e. The molecule has 1 aromatic heterocycles. The van der Waals surface area contributed by atoms with Gasteiger partial charge in [0, 0.05) is 19.6 Å². The Balaban J connectivity index is 2.56. The van der Waals surface area contributed by atoms with Crippen molar-refractivity contribution in [2.24, 2.45) is 0 Å². The second-order valence-electron chi connectivity index (χ2n) is 3.08. The van der Waals surface area contributed by atoms with Gasteiger partial charge >= 0.3 is 0 Å². The Labute approximate surface area is 94.2 Å². The highest BCUT2D eigenvalue weighted by Crippen LogP contribution is 2.04. The maximum atomic E-state index is 8.85. The zero-order valence-corrected chi connectivity index (χ0v) is 9.19. The highest BCUT2D eigenvalue weighted by Gasteiger charge is 2.04. The standard InChI is InChI=1S/C10H14ClN3O/c1-2-3-14(4-5-15)8-9-6-13-10(11)7-12-9/h2,6-7,15H,1,3-5,8H2. The first-order valence-electron chi connectivity index (χ1n) is 4.66. The Morgan fingerprint density at radius 1 is 1.47 bits per heavy atom. The Bertz CT molecular complexity index is 302. The molecule has 0 bridgehead atoms. The van der Waals surface area contributed by atoms with Crippen LogP contribution in [0, 0.1) is 0 Å². The van der Waals surface area contributed by atoms with Crippen LogP contribution >= 0.6 is 11.6 Å². The first-order valence-corrected chi connectivity index (χ1v) is 5.04. The van der Waals surface area contributed by atoms with E-state index in [1.54, 1.807) is 12.3 Å². The minimum Gasteiger partial charge on any atom is -0.395 e. The summed E-state index contributed by atoms with van der Waals surface area (Å²) in [4.78, 5) is 10.1. The van der Waals surface area contributed by atoms with Crippen LogP contribution in [0.3, 0.4) is 0 Å². The van der Waals surface area contributed by atoms with Gasteiger partial charge in [0.25, 0.3) is 0 Å². The van der Waals surface area contributed by atoms with Gasteiger partial charge in [0.1, 0.15) is 5.15 Å². The maximum Gasteiger partial charge on any atom is 0.147 e. The van der Waals surface area contributed by atoms with Crippen LogP contribution in [0.2, 0.25) is 5.15 Å². The number of nitrogens with zero attached hydrogens (tertiary/aromatic N) is 3. The van der Waals surface area contributed by atoms with E-state index < -0.39 is 0 Å². The fourth-order valence-electron chi connectivity index (χ4n) is 1.21. The normalized spacial score (nSPS) is 10.6. The molecule has 0 aromatic carbocycles. The van der Waals surface area contributed by atoms with Gasteiger partial charge in [-0.15, -0.1) is 6.58 Å². The molecule has 0 atom stereocenters. The molecule has 0 unspecified atom stereocenters. The molecule has 82 valence electrons. The molecule has 0 aliphatic heterocycles. The van der Waals surface area contributed by atoms with Gasteiger partial charge in [0.05, 0.1) is 24.7 Å². The van der Waals surface area contributed by atoms with Gasteiger partial charge in [-0.2, -0.15) is 0 Å². The summed E-state index contributed by atoms with van der Waals surface area (Å²) in [6.45, 7) is 5.72. The topological polar surface area (TPSA) is 49.2 Å². The van der Waals surface area contributed by atoms with Gasteiger partial charge in [0.15, 0.2) is 0 Å². The summed E-state index contributed by atoms with van der Waals surface area (Å²) < 4.78 is 0. The molecule has 1 rings (SSSR count). The molecule has 1 aromatic rings. The third kappa shape index (κ3) is 4.38.